The van der Waals surface area contributed by atoms with Crippen molar-refractivity contribution in [2.24, 2.45) is 4.99 Å². The van der Waals surface area contributed by atoms with Gasteiger partial charge in [-0.25, -0.2) is 9.98 Å². The zero-order valence-corrected chi connectivity index (χ0v) is 18.0. The van der Waals surface area contributed by atoms with E-state index in [9.17, 15) is 0 Å². The maximum atomic E-state index is 5.35. The molecule has 0 radical (unpaired) electrons. The SMILES string of the molecule is CCNC(=NCc1ccc(Cn2ccnc2)cc1)NCCCOCC.I. The number of ether oxygens (including phenoxy) is 1. The van der Waals surface area contributed by atoms with Crippen LogP contribution in [0.15, 0.2) is 48.0 Å². The second kappa shape index (κ2) is 13.6. The number of nitrogens with one attached hydrogen (secondary N) is 2. The van der Waals surface area contributed by atoms with Gasteiger partial charge in [0.15, 0.2) is 5.96 Å². The Bertz CT molecular complexity index is 613. The van der Waals surface area contributed by atoms with Gasteiger partial charge in [0.2, 0.25) is 0 Å². The van der Waals surface area contributed by atoms with Crippen LogP contribution in [0.25, 0.3) is 0 Å². The third kappa shape index (κ3) is 8.66. The van der Waals surface area contributed by atoms with Gasteiger partial charge in [0.05, 0.1) is 12.9 Å². The van der Waals surface area contributed by atoms with Gasteiger partial charge in [0.1, 0.15) is 0 Å². The van der Waals surface area contributed by atoms with E-state index in [2.05, 4.69) is 56.4 Å². The zero-order valence-electron chi connectivity index (χ0n) is 15.6. The summed E-state index contributed by atoms with van der Waals surface area (Å²) in [7, 11) is 0. The van der Waals surface area contributed by atoms with Crippen LogP contribution in [0.2, 0.25) is 0 Å². The van der Waals surface area contributed by atoms with Gasteiger partial charge in [-0.05, 0) is 31.4 Å². The molecule has 0 aliphatic rings. The van der Waals surface area contributed by atoms with Crippen molar-refractivity contribution in [1.82, 2.24) is 20.2 Å². The molecule has 0 amide bonds. The van der Waals surface area contributed by atoms with Crippen LogP contribution in [0.3, 0.4) is 0 Å². The lowest BCUT2D eigenvalue weighted by atomic mass is 10.1. The molecule has 1 aromatic heterocycles. The number of rotatable bonds is 10. The maximum Gasteiger partial charge on any atom is 0.191 e. The number of imidazole rings is 1. The molecule has 0 spiro atoms. The first-order valence-corrected chi connectivity index (χ1v) is 8.95. The average Bonchev–Trinajstić information content (AvgIpc) is 3.13. The molecule has 0 saturated heterocycles. The molecular formula is C19H30IN5O. The van der Waals surface area contributed by atoms with E-state index in [1.165, 1.54) is 11.1 Å². The highest BCUT2D eigenvalue weighted by Gasteiger charge is 1.99. The number of aromatic nitrogens is 2. The van der Waals surface area contributed by atoms with Crippen molar-refractivity contribution in [2.45, 2.75) is 33.4 Å². The molecule has 0 unspecified atom stereocenters. The lowest BCUT2D eigenvalue weighted by Crippen LogP contribution is -2.38. The van der Waals surface area contributed by atoms with Crippen LogP contribution in [0.1, 0.15) is 31.4 Å². The molecule has 0 bridgehead atoms. The predicted molar refractivity (Wildman–Crippen MR) is 117 cm³/mol. The van der Waals surface area contributed by atoms with E-state index < -0.39 is 0 Å². The molecule has 1 heterocycles. The van der Waals surface area contributed by atoms with Crippen molar-refractivity contribution in [1.29, 1.82) is 0 Å². The van der Waals surface area contributed by atoms with Crippen molar-refractivity contribution in [3.05, 3.63) is 54.1 Å². The molecule has 1 aromatic carbocycles. The van der Waals surface area contributed by atoms with Gasteiger partial charge >= 0.3 is 0 Å². The van der Waals surface area contributed by atoms with E-state index in [4.69, 9.17) is 4.74 Å². The molecule has 144 valence electrons. The Morgan fingerprint density at radius 1 is 1.15 bits per heavy atom. The van der Waals surface area contributed by atoms with E-state index in [-0.39, 0.29) is 24.0 Å². The smallest absolute Gasteiger partial charge is 0.191 e. The lowest BCUT2D eigenvalue weighted by Gasteiger charge is -2.11. The molecule has 0 atom stereocenters. The number of nitrogens with zero attached hydrogens (tertiary/aromatic N) is 3. The standard InChI is InChI=1S/C19H29N5O.HI/c1-3-21-19(22-10-5-13-25-4-2)23-14-17-6-8-18(9-7-17)15-24-12-11-20-16-24;/h6-9,11-12,16H,3-5,10,13-15H2,1-2H3,(H2,21,22,23);1H. The van der Waals surface area contributed by atoms with Crippen molar-refractivity contribution >= 4 is 29.9 Å². The summed E-state index contributed by atoms with van der Waals surface area (Å²) in [5.74, 6) is 0.849. The molecule has 26 heavy (non-hydrogen) atoms. The molecular weight excluding hydrogens is 441 g/mol. The largest absolute Gasteiger partial charge is 0.382 e. The third-order valence-corrected chi connectivity index (χ3v) is 3.67. The van der Waals surface area contributed by atoms with Crippen LogP contribution in [-0.2, 0) is 17.8 Å². The van der Waals surface area contributed by atoms with E-state index >= 15 is 0 Å². The number of hydrogen-bond donors (Lipinski definition) is 2. The monoisotopic (exact) mass is 471 g/mol. The molecule has 0 fully saturated rings. The molecule has 7 heteroatoms. The molecule has 6 nitrogen and oxygen atoms in total. The topological polar surface area (TPSA) is 63.5 Å². The van der Waals surface area contributed by atoms with Crippen molar-refractivity contribution < 1.29 is 4.74 Å². The van der Waals surface area contributed by atoms with Gasteiger partial charge in [-0.2, -0.15) is 0 Å². The third-order valence-electron chi connectivity index (χ3n) is 3.67. The second-order valence-corrected chi connectivity index (χ2v) is 5.72. The summed E-state index contributed by atoms with van der Waals surface area (Å²) in [5, 5.41) is 6.61. The fourth-order valence-electron chi connectivity index (χ4n) is 2.38. The summed E-state index contributed by atoms with van der Waals surface area (Å²) in [6.07, 6.45) is 6.57. The van der Waals surface area contributed by atoms with Gasteiger partial charge in [0, 0.05) is 45.2 Å². The Morgan fingerprint density at radius 3 is 2.58 bits per heavy atom. The summed E-state index contributed by atoms with van der Waals surface area (Å²) in [6.45, 7) is 8.84. The highest BCUT2D eigenvalue weighted by atomic mass is 127. The first-order chi connectivity index (χ1) is 12.3. The molecule has 2 N–H and O–H groups in total. The number of hydrogen-bond acceptors (Lipinski definition) is 3. The van der Waals surface area contributed by atoms with Crippen LogP contribution < -0.4 is 10.6 Å². The maximum absolute atomic E-state index is 5.35. The molecule has 0 aliphatic carbocycles. The Hall–Kier alpha value is -1.61. The fourth-order valence-corrected chi connectivity index (χ4v) is 2.38. The van der Waals surface area contributed by atoms with Crippen LogP contribution in [0.4, 0.5) is 0 Å². The average molecular weight is 471 g/mol. The van der Waals surface area contributed by atoms with Gasteiger partial charge in [-0.1, -0.05) is 24.3 Å². The molecule has 2 rings (SSSR count). The van der Waals surface area contributed by atoms with E-state index in [1.54, 1.807) is 6.20 Å². The highest BCUT2D eigenvalue weighted by Crippen LogP contribution is 2.07. The Morgan fingerprint density at radius 2 is 1.92 bits per heavy atom. The van der Waals surface area contributed by atoms with Crippen molar-refractivity contribution in [2.75, 3.05) is 26.3 Å². The highest BCUT2D eigenvalue weighted by molar-refractivity contribution is 14.0. The van der Waals surface area contributed by atoms with Gasteiger partial charge < -0.3 is 19.9 Å². The number of guanidine groups is 1. The number of halogens is 1. The summed E-state index contributed by atoms with van der Waals surface area (Å²) < 4.78 is 7.41. The summed E-state index contributed by atoms with van der Waals surface area (Å²) in [6, 6.07) is 8.56. The zero-order chi connectivity index (χ0) is 17.7. The van der Waals surface area contributed by atoms with Crippen molar-refractivity contribution in [3.63, 3.8) is 0 Å². The minimum atomic E-state index is 0. The van der Waals surface area contributed by atoms with Crippen LogP contribution >= 0.6 is 24.0 Å². The molecule has 0 saturated carbocycles. The Labute approximate surface area is 173 Å². The summed E-state index contributed by atoms with van der Waals surface area (Å²) in [4.78, 5) is 8.71. The minimum absolute atomic E-state index is 0. The van der Waals surface area contributed by atoms with Gasteiger partial charge in [0.25, 0.3) is 0 Å². The molecule has 0 aliphatic heterocycles. The predicted octanol–water partition coefficient (Wildman–Crippen LogP) is 3.03. The normalized spacial score (nSPS) is 11.1. The fraction of sp³-hybridized carbons (Fsp3) is 0.474. The minimum Gasteiger partial charge on any atom is -0.382 e. The Kier molecular flexibility index (Phi) is 11.7. The van der Waals surface area contributed by atoms with Crippen LogP contribution in [0.5, 0.6) is 0 Å². The quantitative estimate of drug-likeness (QED) is 0.242. The Balaban J connectivity index is 0.00000338. The summed E-state index contributed by atoms with van der Waals surface area (Å²) >= 11 is 0. The number of benzene rings is 1. The lowest BCUT2D eigenvalue weighted by molar-refractivity contribution is 0.145. The van der Waals surface area contributed by atoms with E-state index in [1.807, 2.05) is 19.4 Å². The molecule has 2 aromatic rings. The number of aliphatic imine (C=N–C) groups is 1. The van der Waals surface area contributed by atoms with Crippen molar-refractivity contribution in [3.8, 4) is 0 Å². The summed E-state index contributed by atoms with van der Waals surface area (Å²) in [5.41, 5.74) is 2.45. The first kappa shape index (κ1) is 22.4. The van der Waals surface area contributed by atoms with E-state index in [0.717, 1.165) is 45.2 Å². The van der Waals surface area contributed by atoms with Gasteiger partial charge in [-0.3, -0.25) is 0 Å². The van der Waals surface area contributed by atoms with Crippen LogP contribution in [0, 0.1) is 0 Å². The van der Waals surface area contributed by atoms with Gasteiger partial charge in [-0.15, -0.1) is 24.0 Å². The second-order valence-electron chi connectivity index (χ2n) is 5.72. The first-order valence-electron chi connectivity index (χ1n) is 8.95. The van der Waals surface area contributed by atoms with Crippen LogP contribution in [-0.4, -0.2) is 41.8 Å². The van der Waals surface area contributed by atoms with E-state index in [0.29, 0.717) is 6.54 Å².